The highest BCUT2D eigenvalue weighted by Gasteiger charge is 2.17. The molecule has 2 aromatic carbocycles. The van der Waals surface area contributed by atoms with Crippen molar-refractivity contribution >= 4 is 51.9 Å². The van der Waals surface area contributed by atoms with Crippen molar-refractivity contribution in [1.82, 2.24) is 9.97 Å². The molecule has 0 aliphatic rings. The van der Waals surface area contributed by atoms with Crippen LogP contribution in [0.4, 0.5) is 0 Å². The van der Waals surface area contributed by atoms with Crippen LogP contribution in [-0.4, -0.2) is 15.9 Å². The second kappa shape index (κ2) is 8.83. The van der Waals surface area contributed by atoms with E-state index in [1.165, 1.54) is 29.1 Å². The van der Waals surface area contributed by atoms with Crippen LogP contribution in [0.25, 0.3) is 0 Å². The fraction of sp³-hybridized carbons (Fsp3) is 0.105. The van der Waals surface area contributed by atoms with Gasteiger partial charge in [0.05, 0.1) is 11.2 Å². The Hall–Kier alpha value is -1.64. The van der Waals surface area contributed by atoms with Crippen LogP contribution in [0.2, 0.25) is 5.02 Å². The van der Waals surface area contributed by atoms with Crippen LogP contribution in [0.15, 0.2) is 59.9 Å². The van der Waals surface area contributed by atoms with Crippen LogP contribution in [0, 0.1) is 10.5 Å². The number of nitrogens with zero attached hydrogens (tertiary/aromatic N) is 2. The van der Waals surface area contributed by atoms with E-state index in [1.807, 2.05) is 24.3 Å². The standard InChI is InChI=1S/C19H14ClIN2O2S/c1-12-4-2-3-5-13(12)11-26-19-22-10-16(20)17(23-19)18(24)25-15-8-6-14(21)7-9-15/h2-10H,11H2,1H3. The highest BCUT2D eigenvalue weighted by atomic mass is 127. The molecule has 0 atom stereocenters. The van der Waals surface area contributed by atoms with Crippen molar-refractivity contribution in [1.29, 1.82) is 0 Å². The summed E-state index contributed by atoms with van der Waals surface area (Å²) in [5, 5.41) is 0.646. The van der Waals surface area contributed by atoms with Crippen molar-refractivity contribution < 1.29 is 9.53 Å². The zero-order valence-electron chi connectivity index (χ0n) is 13.8. The third-order valence-corrected chi connectivity index (χ3v) is 5.46. The van der Waals surface area contributed by atoms with Gasteiger partial charge in [0, 0.05) is 9.32 Å². The average molecular weight is 497 g/mol. The van der Waals surface area contributed by atoms with Gasteiger partial charge in [-0.05, 0) is 64.9 Å². The number of halogens is 2. The highest BCUT2D eigenvalue weighted by Crippen LogP contribution is 2.24. The smallest absolute Gasteiger partial charge is 0.364 e. The number of carbonyl (C=O) groups is 1. The van der Waals surface area contributed by atoms with E-state index in [4.69, 9.17) is 16.3 Å². The molecule has 0 amide bonds. The Balaban J connectivity index is 1.73. The molecular formula is C19H14ClIN2O2S. The van der Waals surface area contributed by atoms with Gasteiger partial charge >= 0.3 is 5.97 Å². The minimum Gasteiger partial charge on any atom is -0.422 e. The lowest BCUT2D eigenvalue weighted by molar-refractivity contribution is 0.0727. The zero-order chi connectivity index (χ0) is 18.5. The summed E-state index contributed by atoms with van der Waals surface area (Å²) in [5.74, 6) is 0.551. The molecule has 0 radical (unpaired) electrons. The summed E-state index contributed by atoms with van der Waals surface area (Å²) in [7, 11) is 0. The lowest BCUT2D eigenvalue weighted by Gasteiger charge is -2.07. The maximum atomic E-state index is 12.4. The summed E-state index contributed by atoms with van der Waals surface area (Å²) in [6, 6.07) is 15.3. The Morgan fingerprint density at radius 2 is 1.92 bits per heavy atom. The molecule has 0 saturated heterocycles. The minimum atomic E-state index is -0.601. The molecule has 0 aliphatic heterocycles. The molecule has 0 spiro atoms. The summed E-state index contributed by atoms with van der Waals surface area (Å²) in [4.78, 5) is 20.9. The third-order valence-electron chi connectivity index (χ3n) is 3.56. The van der Waals surface area contributed by atoms with Gasteiger partial charge in [0.2, 0.25) is 0 Å². The molecule has 7 heteroatoms. The first-order chi connectivity index (χ1) is 12.5. The van der Waals surface area contributed by atoms with Gasteiger partial charge in [-0.1, -0.05) is 47.6 Å². The van der Waals surface area contributed by atoms with E-state index in [1.54, 1.807) is 12.1 Å². The van der Waals surface area contributed by atoms with E-state index in [0.717, 1.165) is 3.57 Å². The van der Waals surface area contributed by atoms with Crippen LogP contribution in [-0.2, 0) is 5.75 Å². The van der Waals surface area contributed by atoms with E-state index >= 15 is 0 Å². The van der Waals surface area contributed by atoms with Crippen molar-refractivity contribution in [3.05, 3.63) is 80.1 Å². The summed E-state index contributed by atoms with van der Waals surface area (Å²) in [6.07, 6.45) is 1.43. The molecule has 0 bridgehead atoms. The van der Waals surface area contributed by atoms with E-state index in [-0.39, 0.29) is 10.7 Å². The van der Waals surface area contributed by atoms with Gasteiger partial charge in [-0.3, -0.25) is 0 Å². The lowest BCUT2D eigenvalue weighted by atomic mass is 10.1. The Morgan fingerprint density at radius 1 is 1.19 bits per heavy atom. The quantitative estimate of drug-likeness (QED) is 0.152. The number of hydrogen-bond donors (Lipinski definition) is 0. The van der Waals surface area contributed by atoms with E-state index < -0.39 is 5.97 Å². The number of esters is 1. The van der Waals surface area contributed by atoms with Gasteiger partial charge in [-0.15, -0.1) is 0 Å². The number of carbonyl (C=O) groups excluding carboxylic acids is 1. The number of aryl methyl sites for hydroxylation is 1. The number of benzene rings is 2. The second-order valence-corrected chi connectivity index (χ2v) is 8.00. The maximum Gasteiger partial charge on any atom is 0.364 e. The van der Waals surface area contributed by atoms with Gasteiger partial charge in [-0.2, -0.15) is 0 Å². The minimum absolute atomic E-state index is 0.0625. The SMILES string of the molecule is Cc1ccccc1CSc1ncc(Cl)c(C(=O)Oc2ccc(I)cc2)n1. The topological polar surface area (TPSA) is 52.1 Å². The number of thioether (sulfide) groups is 1. The molecule has 26 heavy (non-hydrogen) atoms. The second-order valence-electron chi connectivity index (χ2n) is 5.41. The Bertz CT molecular complexity index is 935. The van der Waals surface area contributed by atoms with Gasteiger partial charge in [-0.25, -0.2) is 14.8 Å². The fourth-order valence-corrected chi connectivity index (χ4v) is 3.56. The monoisotopic (exact) mass is 496 g/mol. The van der Waals surface area contributed by atoms with Gasteiger partial charge < -0.3 is 4.74 Å². The molecule has 3 aromatic rings. The van der Waals surface area contributed by atoms with Crippen molar-refractivity contribution in [2.75, 3.05) is 0 Å². The normalized spacial score (nSPS) is 10.6. The highest BCUT2D eigenvalue weighted by molar-refractivity contribution is 14.1. The lowest BCUT2D eigenvalue weighted by Crippen LogP contribution is -2.12. The van der Waals surface area contributed by atoms with Gasteiger partial charge in [0.15, 0.2) is 10.9 Å². The van der Waals surface area contributed by atoms with Crippen LogP contribution >= 0.6 is 46.0 Å². The summed E-state index contributed by atoms with van der Waals surface area (Å²) in [6.45, 7) is 2.06. The van der Waals surface area contributed by atoms with Crippen LogP contribution in [0.1, 0.15) is 21.6 Å². The molecule has 0 N–H and O–H groups in total. The average Bonchev–Trinajstić information content (AvgIpc) is 2.64. The predicted octanol–water partition coefficient (Wildman–Crippen LogP) is 5.55. The number of hydrogen-bond acceptors (Lipinski definition) is 5. The van der Waals surface area contributed by atoms with E-state index in [9.17, 15) is 4.79 Å². The first-order valence-corrected chi connectivity index (χ1v) is 10.1. The number of rotatable bonds is 5. The molecular weight excluding hydrogens is 483 g/mol. The van der Waals surface area contributed by atoms with Crippen molar-refractivity contribution in [2.45, 2.75) is 17.8 Å². The molecule has 1 heterocycles. The zero-order valence-corrected chi connectivity index (χ0v) is 17.5. The van der Waals surface area contributed by atoms with Crippen LogP contribution in [0.5, 0.6) is 5.75 Å². The maximum absolute atomic E-state index is 12.4. The molecule has 132 valence electrons. The van der Waals surface area contributed by atoms with E-state index in [0.29, 0.717) is 16.7 Å². The van der Waals surface area contributed by atoms with Crippen molar-refractivity contribution in [2.24, 2.45) is 0 Å². The van der Waals surface area contributed by atoms with Gasteiger partial charge in [0.25, 0.3) is 0 Å². The molecule has 0 fully saturated rings. The summed E-state index contributed by atoms with van der Waals surface area (Å²) in [5.41, 5.74) is 2.46. The first kappa shape index (κ1) is 19.1. The van der Waals surface area contributed by atoms with E-state index in [2.05, 4.69) is 51.6 Å². The Kier molecular flexibility index (Phi) is 6.50. The summed E-state index contributed by atoms with van der Waals surface area (Å²) < 4.78 is 6.40. The number of ether oxygens (including phenoxy) is 1. The molecule has 1 aromatic heterocycles. The van der Waals surface area contributed by atoms with Gasteiger partial charge in [0.1, 0.15) is 5.75 Å². The predicted molar refractivity (Wildman–Crippen MR) is 112 cm³/mol. The molecule has 4 nitrogen and oxygen atoms in total. The summed E-state index contributed by atoms with van der Waals surface area (Å²) >= 11 is 9.72. The molecule has 3 rings (SSSR count). The largest absolute Gasteiger partial charge is 0.422 e. The van der Waals surface area contributed by atoms with Crippen LogP contribution < -0.4 is 4.74 Å². The first-order valence-electron chi connectivity index (χ1n) is 7.70. The molecule has 0 unspecified atom stereocenters. The van der Waals surface area contributed by atoms with Crippen molar-refractivity contribution in [3.8, 4) is 5.75 Å². The third kappa shape index (κ3) is 4.96. The molecule has 0 saturated carbocycles. The Labute approximate surface area is 174 Å². The van der Waals surface area contributed by atoms with Crippen molar-refractivity contribution in [3.63, 3.8) is 0 Å². The Morgan fingerprint density at radius 3 is 2.65 bits per heavy atom. The fourth-order valence-electron chi connectivity index (χ4n) is 2.14. The van der Waals surface area contributed by atoms with Crippen LogP contribution in [0.3, 0.4) is 0 Å². The number of aromatic nitrogens is 2. The molecule has 0 aliphatic carbocycles.